The lowest BCUT2D eigenvalue weighted by Gasteiger charge is -2.08. The molecular weight excluding hydrogens is 298 g/mol. The summed E-state index contributed by atoms with van der Waals surface area (Å²) in [5.74, 6) is -0.0868. The maximum Gasteiger partial charge on any atom is 0.251 e. The van der Waals surface area contributed by atoms with Gasteiger partial charge in [-0.15, -0.1) is 0 Å². The van der Waals surface area contributed by atoms with Crippen LogP contribution >= 0.6 is 11.6 Å². The molecule has 0 saturated heterocycles. The summed E-state index contributed by atoms with van der Waals surface area (Å²) >= 11 is 5.95. The van der Waals surface area contributed by atoms with Gasteiger partial charge in [0.15, 0.2) is 0 Å². The standard InChI is InChI=1S/C17H16ClN3O/c1-11-4-3-5-15(12(11)2)17(22)19-8-14-10-21-9-13(18)6-7-16(21)20-14/h3-7,9-10H,8H2,1-2H3,(H,19,22). The zero-order valence-corrected chi connectivity index (χ0v) is 13.2. The van der Waals surface area contributed by atoms with Gasteiger partial charge < -0.3 is 9.72 Å². The number of benzene rings is 1. The molecule has 0 aliphatic carbocycles. The molecule has 3 aromatic rings. The largest absolute Gasteiger partial charge is 0.346 e. The maximum absolute atomic E-state index is 12.3. The van der Waals surface area contributed by atoms with E-state index in [1.54, 1.807) is 12.3 Å². The number of aromatic nitrogens is 2. The highest BCUT2D eigenvalue weighted by Crippen LogP contribution is 2.14. The summed E-state index contributed by atoms with van der Waals surface area (Å²) in [6.45, 7) is 4.33. The first-order valence-corrected chi connectivity index (χ1v) is 7.40. The van der Waals surface area contributed by atoms with Gasteiger partial charge in [0.2, 0.25) is 0 Å². The molecule has 112 valence electrons. The zero-order chi connectivity index (χ0) is 15.7. The molecule has 0 atom stereocenters. The van der Waals surface area contributed by atoms with Gasteiger partial charge in [-0.25, -0.2) is 4.98 Å². The van der Waals surface area contributed by atoms with Crippen LogP contribution in [0.3, 0.4) is 0 Å². The number of hydrogen-bond acceptors (Lipinski definition) is 2. The summed E-state index contributed by atoms with van der Waals surface area (Å²) in [7, 11) is 0. The van der Waals surface area contributed by atoms with Crippen LogP contribution in [0.15, 0.2) is 42.7 Å². The summed E-state index contributed by atoms with van der Waals surface area (Å²) in [5, 5.41) is 3.56. The number of nitrogens with one attached hydrogen (secondary N) is 1. The van der Waals surface area contributed by atoms with Gasteiger partial charge in [0, 0.05) is 18.0 Å². The van der Waals surface area contributed by atoms with Crippen LogP contribution in [0.1, 0.15) is 27.2 Å². The van der Waals surface area contributed by atoms with Crippen molar-refractivity contribution < 1.29 is 4.79 Å². The number of nitrogens with zero attached hydrogens (tertiary/aromatic N) is 2. The van der Waals surface area contributed by atoms with E-state index in [4.69, 9.17) is 11.6 Å². The Balaban J connectivity index is 1.76. The molecule has 0 aliphatic heterocycles. The second-order valence-electron chi connectivity index (χ2n) is 5.28. The molecule has 1 amide bonds. The number of carbonyl (C=O) groups excluding carboxylic acids is 1. The lowest BCUT2D eigenvalue weighted by molar-refractivity contribution is 0.0950. The van der Waals surface area contributed by atoms with Crippen molar-refractivity contribution in [3.8, 4) is 0 Å². The molecule has 22 heavy (non-hydrogen) atoms. The normalized spacial score (nSPS) is 10.9. The van der Waals surface area contributed by atoms with Crippen molar-refractivity contribution >= 4 is 23.2 Å². The molecule has 2 aromatic heterocycles. The quantitative estimate of drug-likeness (QED) is 0.804. The SMILES string of the molecule is Cc1cccc(C(=O)NCc2cn3cc(Cl)ccc3n2)c1C. The molecule has 0 radical (unpaired) electrons. The monoisotopic (exact) mass is 313 g/mol. The zero-order valence-electron chi connectivity index (χ0n) is 12.4. The fourth-order valence-corrected chi connectivity index (χ4v) is 2.53. The second kappa shape index (κ2) is 5.81. The van der Waals surface area contributed by atoms with E-state index in [0.717, 1.165) is 22.5 Å². The molecule has 0 unspecified atom stereocenters. The number of fused-ring (bicyclic) bond motifs is 1. The highest BCUT2D eigenvalue weighted by molar-refractivity contribution is 6.30. The average Bonchev–Trinajstić information content (AvgIpc) is 2.89. The van der Waals surface area contributed by atoms with Gasteiger partial charge in [-0.1, -0.05) is 23.7 Å². The Bertz CT molecular complexity index is 854. The first-order valence-electron chi connectivity index (χ1n) is 7.02. The van der Waals surface area contributed by atoms with E-state index in [2.05, 4.69) is 10.3 Å². The minimum atomic E-state index is -0.0868. The molecule has 1 aromatic carbocycles. The minimum Gasteiger partial charge on any atom is -0.346 e. The van der Waals surface area contributed by atoms with E-state index < -0.39 is 0 Å². The van der Waals surface area contributed by atoms with Crippen LogP contribution in [0.2, 0.25) is 5.02 Å². The van der Waals surface area contributed by atoms with Crippen molar-refractivity contribution in [2.24, 2.45) is 0 Å². The lowest BCUT2D eigenvalue weighted by Crippen LogP contribution is -2.24. The molecule has 0 fully saturated rings. The van der Waals surface area contributed by atoms with Crippen molar-refractivity contribution in [1.82, 2.24) is 14.7 Å². The summed E-state index contributed by atoms with van der Waals surface area (Å²) in [4.78, 5) is 16.7. The van der Waals surface area contributed by atoms with E-state index in [-0.39, 0.29) is 5.91 Å². The van der Waals surface area contributed by atoms with Crippen LogP contribution in [0, 0.1) is 13.8 Å². The number of imidazole rings is 1. The molecule has 0 spiro atoms. The van der Waals surface area contributed by atoms with Crippen LogP contribution in [-0.2, 0) is 6.54 Å². The van der Waals surface area contributed by atoms with Crippen molar-refractivity contribution in [2.45, 2.75) is 20.4 Å². The number of carbonyl (C=O) groups is 1. The van der Waals surface area contributed by atoms with E-state index in [1.807, 2.05) is 48.7 Å². The maximum atomic E-state index is 12.3. The van der Waals surface area contributed by atoms with Gasteiger partial charge in [-0.2, -0.15) is 0 Å². The van der Waals surface area contributed by atoms with E-state index in [1.165, 1.54) is 0 Å². The van der Waals surface area contributed by atoms with Crippen molar-refractivity contribution in [3.63, 3.8) is 0 Å². The summed E-state index contributed by atoms with van der Waals surface area (Å²) < 4.78 is 1.85. The smallest absolute Gasteiger partial charge is 0.251 e. The minimum absolute atomic E-state index is 0.0868. The molecule has 3 rings (SSSR count). The van der Waals surface area contributed by atoms with Gasteiger partial charge in [-0.3, -0.25) is 4.79 Å². The van der Waals surface area contributed by atoms with Gasteiger partial charge in [-0.05, 0) is 43.2 Å². The lowest BCUT2D eigenvalue weighted by atomic mass is 10.0. The Morgan fingerprint density at radius 1 is 1.23 bits per heavy atom. The van der Waals surface area contributed by atoms with Crippen LogP contribution in [0.4, 0.5) is 0 Å². The summed E-state index contributed by atoms with van der Waals surface area (Å²) in [5.41, 5.74) is 4.41. The molecule has 0 saturated carbocycles. The average molecular weight is 314 g/mol. The number of aryl methyl sites for hydroxylation is 1. The van der Waals surface area contributed by atoms with Crippen LogP contribution in [0.25, 0.3) is 5.65 Å². The van der Waals surface area contributed by atoms with Gasteiger partial charge in [0.05, 0.1) is 17.3 Å². The van der Waals surface area contributed by atoms with Crippen molar-refractivity contribution in [3.05, 3.63) is 70.1 Å². The third kappa shape index (κ3) is 2.83. The number of halogens is 1. The number of hydrogen-bond donors (Lipinski definition) is 1. The van der Waals surface area contributed by atoms with E-state index >= 15 is 0 Å². The first-order chi connectivity index (χ1) is 10.5. The summed E-state index contributed by atoms with van der Waals surface area (Å²) in [6.07, 6.45) is 3.66. The van der Waals surface area contributed by atoms with Crippen LogP contribution < -0.4 is 5.32 Å². The molecule has 2 heterocycles. The topological polar surface area (TPSA) is 46.4 Å². The fourth-order valence-electron chi connectivity index (χ4n) is 2.37. The molecule has 0 aliphatic rings. The Morgan fingerprint density at radius 2 is 2.05 bits per heavy atom. The summed E-state index contributed by atoms with van der Waals surface area (Å²) in [6, 6.07) is 9.37. The fraction of sp³-hybridized carbons (Fsp3) is 0.176. The third-order valence-electron chi connectivity index (χ3n) is 3.74. The Hall–Kier alpha value is -2.33. The van der Waals surface area contributed by atoms with Gasteiger partial charge in [0.25, 0.3) is 5.91 Å². The number of amides is 1. The molecular formula is C17H16ClN3O. The van der Waals surface area contributed by atoms with Gasteiger partial charge in [0.1, 0.15) is 5.65 Å². The second-order valence-corrected chi connectivity index (χ2v) is 5.71. The molecule has 4 nitrogen and oxygen atoms in total. The van der Waals surface area contributed by atoms with E-state index in [9.17, 15) is 4.79 Å². The Morgan fingerprint density at radius 3 is 2.86 bits per heavy atom. The first kappa shape index (κ1) is 14.6. The molecule has 5 heteroatoms. The van der Waals surface area contributed by atoms with Crippen molar-refractivity contribution in [2.75, 3.05) is 0 Å². The molecule has 1 N–H and O–H groups in total. The highest BCUT2D eigenvalue weighted by atomic mass is 35.5. The third-order valence-corrected chi connectivity index (χ3v) is 3.97. The number of pyridine rings is 1. The Labute approximate surface area is 133 Å². The highest BCUT2D eigenvalue weighted by Gasteiger charge is 2.10. The molecule has 0 bridgehead atoms. The van der Waals surface area contributed by atoms with Crippen molar-refractivity contribution in [1.29, 1.82) is 0 Å². The van der Waals surface area contributed by atoms with Crippen LogP contribution in [-0.4, -0.2) is 15.3 Å². The van der Waals surface area contributed by atoms with Gasteiger partial charge >= 0.3 is 0 Å². The predicted octanol–water partition coefficient (Wildman–Crippen LogP) is 3.53. The Kier molecular flexibility index (Phi) is 3.86. The van der Waals surface area contributed by atoms with E-state index in [0.29, 0.717) is 17.1 Å². The number of rotatable bonds is 3. The van der Waals surface area contributed by atoms with Crippen LogP contribution in [0.5, 0.6) is 0 Å². The predicted molar refractivity (Wildman–Crippen MR) is 87.3 cm³/mol.